The number of aromatic hydroxyl groups is 2. The third-order valence-corrected chi connectivity index (χ3v) is 2.99. The molecule has 0 aromatic heterocycles. The molecule has 92 valence electrons. The van der Waals surface area contributed by atoms with Crippen molar-refractivity contribution >= 4 is 5.91 Å². The first-order valence-electron chi connectivity index (χ1n) is 5.54. The number of carbonyl (C=O) groups is 1. The standard InChI is InChI=1S/C12H15NO4/c14-8-1-2-11(16)10(5-8)12(17)13-6-7-3-9(15)4-7/h1-2,5,7,9,14-16H,3-4,6H2,(H,13,17). The number of amides is 1. The van der Waals surface area contributed by atoms with Gasteiger partial charge in [-0.25, -0.2) is 0 Å². The predicted octanol–water partition coefficient (Wildman–Crippen LogP) is 0.599. The number of phenolic OH excluding ortho intramolecular Hbond substituents is 2. The van der Waals surface area contributed by atoms with Gasteiger partial charge in [0.1, 0.15) is 11.5 Å². The molecule has 17 heavy (non-hydrogen) atoms. The maximum atomic E-state index is 11.7. The maximum absolute atomic E-state index is 11.7. The third kappa shape index (κ3) is 2.68. The van der Waals surface area contributed by atoms with E-state index in [0.29, 0.717) is 25.3 Å². The fourth-order valence-corrected chi connectivity index (χ4v) is 1.91. The summed E-state index contributed by atoms with van der Waals surface area (Å²) in [5, 5.41) is 30.5. The van der Waals surface area contributed by atoms with Gasteiger partial charge in [-0.2, -0.15) is 0 Å². The van der Waals surface area contributed by atoms with E-state index in [0.717, 1.165) is 0 Å². The largest absolute Gasteiger partial charge is 0.508 e. The summed E-state index contributed by atoms with van der Waals surface area (Å²) in [6, 6.07) is 3.81. The van der Waals surface area contributed by atoms with Crippen LogP contribution in [-0.2, 0) is 0 Å². The fraction of sp³-hybridized carbons (Fsp3) is 0.417. The van der Waals surface area contributed by atoms with Crippen LogP contribution in [0.3, 0.4) is 0 Å². The van der Waals surface area contributed by atoms with Gasteiger partial charge in [-0.05, 0) is 37.0 Å². The third-order valence-electron chi connectivity index (χ3n) is 2.99. The highest BCUT2D eigenvalue weighted by Crippen LogP contribution is 2.27. The molecular weight excluding hydrogens is 222 g/mol. The SMILES string of the molecule is O=C(NCC1CC(O)C1)c1cc(O)ccc1O. The first-order valence-corrected chi connectivity index (χ1v) is 5.54. The molecule has 5 heteroatoms. The molecule has 0 radical (unpaired) electrons. The van der Waals surface area contributed by atoms with Crippen LogP contribution in [-0.4, -0.2) is 33.9 Å². The maximum Gasteiger partial charge on any atom is 0.255 e. The van der Waals surface area contributed by atoms with Gasteiger partial charge < -0.3 is 20.6 Å². The summed E-state index contributed by atoms with van der Waals surface area (Å²) in [7, 11) is 0. The van der Waals surface area contributed by atoms with Crippen LogP contribution >= 0.6 is 0 Å². The number of aliphatic hydroxyl groups is 1. The van der Waals surface area contributed by atoms with Crippen LogP contribution in [0.5, 0.6) is 11.5 Å². The molecule has 1 aliphatic rings. The van der Waals surface area contributed by atoms with Gasteiger partial charge in [-0.3, -0.25) is 4.79 Å². The molecule has 1 aliphatic carbocycles. The lowest BCUT2D eigenvalue weighted by Crippen LogP contribution is -2.38. The molecule has 0 heterocycles. The molecule has 4 N–H and O–H groups in total. The molecule has 0 aliphatic heterocycles. The average molecular weight is 237 g/mol. The monoisotopic (exact) mass is 237 g/mol. The lowest BCUT2D eigenvalue weighted by Gasteiger charge is -2.31. The zero-order valence-corrected chi connectivity index (χ0v) is 9.26. The minimum atomic E-state index is -0.417. The number of benzene rings is 1. The van der Waals surface area contributed by atoms with Crippen molar-refractivity contribution in [2.45, 2.75) is 18.9 Å². The Hall–Kier alpha value is -1.75. The van der Waals surface area contributed by atoms with Gasteiger partial charge in [0.05, 0.1) is 11.7 Å². The molecule has 5 nitrogen and oxygen atoms in total. The number of hydrogen-bond acceptors (Lipinski definition) is 4. The van der Waals surface area contributed by atoms with Crippen molar-refractivity contribution in [2.24, 2.45) is 5.92 Å². The molecule has 1 fully saturated rings. The smallest absolute Gasteiger partial charge is 0.255 e. The normalized spacial score (nSPS) is 22.9. The molecular formula is C12H15NO4. The van der Waals surface area contributed by atoms with E-state index in [1.54, 1.807) is 0 Å². The summed E-state index contributed by atoms with van der Waals surface area (Å²) in [6.07, 6.45) is 1.16. The van der Waals surface area contributed by atoms with Crippen LogP contribution in [0, 0.1) is 5.92 Å². The van der Waals surface area contributed by atoms with Gasteiger partial charge >= 0.3 is 0 Å². The minimum absolute atomic E-state index is 0.0601. The Morgan fingerprint density at radius 3 is 2.71 bits per heavy atom. The summed E-state index contributed by atoms with van der Waals surface area (Å²) in [6.45, 7) is 0.477. The van der Waals surface area contributed by atoms with Crippen molar-refractivity contribution in [3.63, 3.8) is 0 Å². The molecule has 2 rings (SSSR count). The van der Waals surface area contributed by atoms with E-state index in [4.69, 9.17) is 5.11 Å². The average Bonchev–Trinajstić information content (AvgIpc) is 2.26. The van der Waals surface area contributed by atoms with Crippen molar-refractivity contribution in [1.82, 2.24) is 5.32 Å². The molecule has 0 saturated heterocycles. The number of aliphatic hydroxyl groups excluding tert-OH is 1. The van der Waals surface area contributed by atoms with Crippen molar-refractivity contribution in [3.8, 4) is 11.5 Å². The van der Waals surface area contributed by atoms with Crippen molar-refractivity contribution < 1.29 is 20.1 Å². The van der Waals surface area contributed by atoms with Gasteiger partial charge in [-0.15, -0.1) is 0 Å². The van der Waals surface area contributed by atoms with Gasteiger partial charge in [0.25, 0.3) is 5.91 Å². The van der Waals surface area contributed by atoms with E-state index in [-0.39, 0.29) is 23.2 Å². The molecule has 0 atom stereocenters. The van der Waals surface area contributed by atoms with Crippen LogP contribution in [0.15, 0.2) is 18.2 Å². The summed E-state index contributed by atoms with van der Waals surface area (Å²) >= 11 is 0. The molecule has 1 aromatic rings. The number of rotatable bonds is 3. The van der Waals surface area contributed by atoms with Crippen LogP contribution in [0.4, 0.5) is 0 Å². The van der Waals surface area contributed by atoms with E-state index >= 15 is 0 Å². The van der Waals surface area contributed by atoms with E-state index in [1.807, 2.05) is 0 Å². The van der Waals surface area contributed by atoms with Crippen molar-refractivity contribution in [3.05, 3.63) is 23.8 Å². The Balaban J connectivity index is 1.92. The van der Waals surface area contributed by atoms with Crippen LogP contribution < -0.4 is 5.32 Å². The van der Waals surface area contributed by atoms with Crippen LogP contribution in [0.1, 0.15) is 23.2 Å². The van der Waals surface area contributed by atoms with Crippen LogP contribution in [0.2, 0.25) is 0 Å². The van der Waals surface area contributed by atoms with Crippen molar-refractivity contribution in [1.29, 1.82) is 0 Å². The topological polar surface area (TPSA) is 89.8 Å². The lowest BCUT2D eigenvalue weighted by atomic mass is 9.82. The summed E-state index contributed by atoms with van der Waals surface area (Å²) in [4.78, 5) is 11.7. The second-order valence-electron chi connectivity index (χ2n) is 4.40. The molecule has 1 amide bonds. The van der Waals surface area contributed by atoms with Gasteiger partial charge in [0.2, 0.25) is 0 Å². The Kier molecular flexibility index (Phi) is 3.19. The number of carbonyl (C=O) groups excluding carboxylic acids is 1. The van der Waals surface area contributed by atoms with Gasteiger partial charge in [-0.1, -0.05) is 0 Å². The first-order chi connectivity index (χ1) is 8.06. The Bertz CT molecular complexity index is 427. The zero-order valence-electron chi connectivity index (χ0n) is 9.26. The Morgan fingerprint density at radius 2 is 2.06 bits per heavy atom. The van der Waals surface area contributed by atoms with Gasteiger partial charge in [0.15, 0.2) is 0 Å². The quantitative estimate of drug-likeness (QED) is 0.579. The fourth-order valence-electron chi connectivity index (χ4n) is 1.91. The van der Waals surface area contributed by atoms with Gasteiger partial charge in [0, 0.05) is 6.54 Å². The number of phenols is 2. The predicted molar refractivity (Wildman–Crippen MR) is 60.8 cm³/mol. The first kappa shape index (κ1) is 11.7. The molecule has 1 saturated carbocycles. The Labute approximate surface area is 98.7 Å². The molecule has 0 unspecified atom stereocenters. The summed E-state index contributed by atoms with van der Waals surface area (Å²) < 4.78 is 0. The highest BCUT2D eigenvalue weighted by molar-refractivity contribution is 5.97. The minimum Gasteiger partial charge on any atom is -0.508 e. The Morgan fingerprint density at radius 1 is 1.35 bits per heavy atom. The van der Waals surface area contributed by atoms with Crippen LogP contribution in [0.25, 0.3) is 0 Å². The molecule has 1 aromatic carbocycles. The lowest BCUT2D eigenvalue weighted by molar-refractivity contribution is 0.0420. The van der Waals surface area contributed by atoms with E-state index in [1.165, 1.54) is 18.2 Å². The van der Waals surface area contributed by atoms with Crippen molar-refractivity contribution in [2.75, 3.05) is 6.54 Å². The van der Waals surface area contributed by atoms with E-state index < -0.39 is 5.91 Å². The molecule has 0 spiro atoms. The highest BCUT2D eigenvalue weighted by Gasteiger charge is 2.27. The number of hydrogen-bond donors (Lipinski definition) is 4. The van der Waals surface area contributed by atoms with E-state index in [9.17, 15) is 15.0 Å². The second-order valence-corrected chi connectivity index (χ2v) is 4.40. The highest BCUT2D eigenvalue weighted by atomic mass is 16.3. The van der Waals surface area contributed by atoms with E-state index in [2.05, 4.69) is 5.32 Å². The number of nitrogens with one attached hydrogen (secondary N) is 1. The molecule has 0 bridgehead atoms. The summed E-state index contributed by atoms with van der Waals surface area (Å²) in [5.74, 6) is -0.339. The second kappa shape index (κ2) is 4.63. The summed E-state index contributed by atoms with van der Waals surface area (Å²) in [5.41, 5.74) is 0.0601. The zero-order chi connectivity index (χ0) is 12.4.